The van der Waals surface area contributed by atoms with E-state index >= 15 is 0 Å². The Bertz CT molecular complexity index is 892. The molecule has 2 heterocycles. The fourth-order valence-corrected chi connectivity index (χ4v) is 3.19. The van der Waals surface area contributed by atoms with Gasteiger partial charge in [-0.3, -0.25) is 19.6 Å². The van der Waals surface area contributed by atoms with Crippen LogP contribution in [-0.4, -0.2) is 26.6 Å². The topological polar surface area (TPSA) is 88.9 Å². The van der Waals surface area contributed by atoms with Gasteiger partial charge >= 0.3 is 0 Å². The number of carbonyl (C=O) groups excluding carboxylic acids is 2. The Morgan fingerprint density at radius 1 is 1.26 bits per heavy atom. The standard InChI is InChI=1S/C15H15N5O2S/c1-8-7-16-20(3)13(8)14(22)19-15-18-11-5-4-10(17-9(2)21)6-12(11)23-15/h4-7H,1-3H3,(H,17,21)(H,18,19,22). The van der Waals surface area contributed by atoms with Crippen LogP contribution in [0.5, 0.6) is 0 Å². The first-order valence-electron chi connectivity index (χ1n) is 6.92. The van der Waals surface area contributed by atoms with E-state index in [2.05, 4.69) is 20.7 Å². The number of anilines is 2. The maximum absolute atomic E-state index is 12.3. The Morgan fingerprint density at radius 2 is 2.04 bits per heavy atom. The molecule has 0 radical (unpaired) electrons. The lowest BCUT2D eigenvalue weighted by atomic mass is 10.2. The fraction of sp³-hybridized carbons (Fsp3) is 0.200. The van der Waals surface area contributed by atoms with Gasteiger partial charge in [0.25, 0.3) is 5.91 Å². The van der Waals surface area contributed by atoms with Gasteiger partial charge in [0.05, 0.1) is 16.4 Å². The third-order valence-electron chi connectivity index (χ3n) is 3.27. The SMILES string of the molecule is CC(=O)Nc1ccc2nc(NC(=O)c3c(C)cnn3C)sc2c1. The second-order valence-corrected chi connectivity index (χ2v) is 6.17. The van der Waals surface area contributed by atoms with Crippen molar-refractivity contribution >= 4 is 44.2 Å². The lowest BCUT2D eigenvalue weighted by molar-refractivity contribution is -0.114. The highest BCUT2D eigenvalue weighted by atomic mass is 32.1. The van der Waals surface area contributed by atoms with Gasteiger partial charge in [0.15, 0.2) is 5.13 Å². The highest BCUT2D eigenvalue weighted by molar-refractivity contribution is 7.22. The molecule has 0 atom stereocenters. The van der Waals surface area contributed by atoms with Crippen molar-refractivity contribution < 1.29 is 9.59 Å². The first-order chi connectivity index (χ1) is 10.9. The van der Waals surface area contributed by atoms with E-state index in [0.717, 1.165) is 15.8 Å². The molecule has 8 heteroatoms. The summed E-state index contributed by atoms with van der Waals surface area (Å²) in [6, 6.07) is 5.42. The number of carbonyl (C=O) groups is 2. The third kappa shape index (κ3) is 3.07. The molecule has 2 amide bonds. The van der Waals surface area contributed by atoms with Crippen molar-refractivity contribution in [2.45, 2.75) is 13.8 Å². The lowest BCUT2D eigenvalue weighted by Crippen LogP contribution is -2.17. The van der Waals surface area contributed by atoms with Crippen molar-refractivity contribution in [1.82, 2.24) is 14.8 Å². The summed E-state index contributed by atoms with van der Waals surface area (Å²) in [6.45, 7) is 3.29. The molecule has 3 rings (SSSR count). The van der Waals surface area contributed by atoms with Crippen LogP contribution < -0.4 is 10.6 Å². The van der Waals surface area contributed by atoms with E-state index < -0.39 is 0 Å². The number of rotatable bonds is 3. The Kier molecular flexibility index (Phi) is 3.83. The highest BCUT2D eigenvalue weighted by Crippen LogP contribution is 2.28. The Morgan fingerprint density at radius 3 is 2.70 bits per heavy atom. The van der Waals surface area contributed by atoms with Gasteiger partial charge in [0.2, 0.25) is 5.91 Å². The minimum Gasteiger partial charge on any atom is -0.326 e. The summed E-state index contributed by atoms with van der Waals surface area (Å²) in [5, 5.41) is 10.1. The van der Waals surface area contributed by atoms with Gasteiger partial charge in [-0.05, 0) is 30.7 Å². The van der Waals surface area contributed by atoms with Crippen LogP contribution in [0.2, 0.25) is 0 Å². The number of nitrogens with zero attached hydrogens (tertiary/aromatic N) is 3. The monoisotopic (exact) mass is 329 g/mol. The predicted molar refractivity (Wildman–Crippen MR) is 89.8 cm³/mol. The van der Waals surface area contributed by atoms with Crippen LogP contribution in [0.25, 0.3) is 10.2 Å². The summed E-state index contributed by atoms with van der Waals surface area (Å²) >= 11 is 1.35. The van der Waals surface area contributed by atoms with Crippen LogP contribution in [0.3, 0.4) is 0 Å². The lowest BCUT2D eigenvalue weighted by Gasteiger charge is -2.02. The average molecular weight is 329 g/mol. The first-order valence-corrected chi connectivity index (χ1v) is 7.74. The predicted octanol–water partition coefficient (Wildman–Crippen LogP) is 2.55. The molecular weight excluding hydrogens is 314 g/mol. The third-order valence-corrected chi connectivity index (χ3v) is 4.20. The Labute approximate surface area is 136 Å². The van der Waals surface area contributed by atoms with Crippen molar-refractivity contribution in [3.8, 4) is 0 Å². The van der Waals surface area contributed by atoms with Crippen molar-refractivity contribution in [1.29, 1.82) is 0 Å². The van der Waals surface area contributed by atoms with Gasteiger partial charge in [-0.15, -0.1) is 0 Å². The van der Waals surface area contributed by atoms with Crippen LogP contribution in [0.15, 0.2) is 24.4 Å². The normalized spacial score (nSPS) is 10.7. The molecule has 7 nitrogen and oxygen atoms in total. The molecule has 3 aromatic rings. The number of fused-ring (bicyclic) bond motifs is 1. The number of amides is 2. The minimum atomic E-state index is -0.247. The number of aryl methyl sites for hydroxylation is 2. The summed E-state index contributed by atoms with van der Waals surface area (Å²) in [7, 11) is 1.72. The summed E-state index contributed by atoms with van der Waals surface area (Å²) in [5.41, 5.74) is 2.78. The maximum atomic E-state index is 12.3. The van der Waals surface area contributed by atoms with Gasteiger partial charge in [-0.1, -0.05) is 11.3 Å². The Balaban J connectivity index is 1.86. The van der Waals surface area contributed by atoms with Crippen LogP contribution in [0.4, 0.5) is 10.8 Å². The molecule has 0 unspecified atom stereocenters. The van der Waals surface area contributed by atoms with Gasteiger partial charge in [-0.25, -0.2) is 4.98 Å². The molecule has 0 spiro atoms. The number of hydrogen-bond donors (Lipinski definition) is 2. The number of hydrogen-bond acceptors (Lipinski definition) is 5. The summed E-state index contributed by atoms with van der Waals surface area (Å²) < 4.78 is 2.42. The summed E-state index contributed by atoms with van der Waals surface area (Å²) in [6.07, 6.45) is 1.65. The number of aromatic nitrogens is 3. The maximum Gasteiger partial charge on any atom is 0.275 e. The molecule has 2 N–H and O–H groups in total. The first kappa shape index (κ1) is 15.2. The van der Waals surface area contributed by atoms with E-state index in [0.29, 0.717) is 16.5 Å². The minimum absolute atomic E-state index is 0.130. The molecule has 0 aliphatic carbocycles. The molecule has 0 saturated heterocycles. The molecule has 1 aromatic carbocycles. The number of thiazole rings is 1. The van der Waals surface area contributed by atoms with E-state index in [9.17, 15) is 9.59 Å². The Hall–Kier alpha value is -2.74. The zero-order chi connectivity index (χ0) is 16.6. The van der Waals surface area contributed by atoms with E-state index in [1.165, 1.54) is 22.9 Å². The van der Waals surface area contributed by atoms with Crippen LogP contribution in [0, 0.1) is 6.92 Å². The molecule has 0 fully saturated rings. The van der Waals surface area contributed by atoms with E-state index in [1.54, 1.807) is 19.3 Å². The van der Waals surface area contributed by atoms with Crippen LogP contribution >= 0.6 is 11.3 Å². The smallest absolute Gasteiger partial charge is 0.275 e. The van der Waals surface area contributed by atoms with Crippen molar-refractivity contribution in [3.05, 3.63) is 35.7 Å². The van der Waals surface area contributed by atoms with E-state index in [-0.39, 0.29) is 11.8 Å². The van der Waals surface area contributed by atoms with Gasteiger partial charge in [0, 0.05) is 19.7 Å². The van der Waals surface area contributed by atoms with Crippen LogP contribution in [0.1, 0.15) is 23.0 Å². The highest BCUT2D eigenvalue weighted by Gasteiger charge is 2.16. The number of nitrogens with one attached hydrogen (secondary N) is 2. The van der Waals surface area contributed by atoms with Crippen LogP contribution in [-0.2, 0) is 11.8 Å². The average Bonchev–Trinajstić information content (AvgIpc) is 3.00. The summed E-state index contributed by atoms with van der Waals surface area (Å²) in [5.74, 6) is -0.377. The van der Waals surface area contributed by atoms with Gasteiger partial charge in [0.1, 0.15) is 5.69 Å². The molecule has 23 heavy (non-hydrogen) atoms. The fourth-order valence-electron chi connectivity index (χ4n) is 2.29. The largest absolute Gasteiger partial charge is 0.326 e. The van der Waals surface area contributed by atoms with E-state index in [4.69, 9.17) is 0 Å². The summed E-state index contributed by atoms with van der Waals surface area (Å²) in [4.78, 5) is 27.8. The van der Waals surface area contributed by atoms with Gasteiger partial charge in [-0.2, -0.15) is 5.10 Å². The molecule has 0 aliphatic rings. The number of benzene rings is 1. The zero-order valence-electron chi connectivity index (χ0n) is 12.9. The molecular formula is C15H15N5O2S. The van der Waals surface area contributed by atoms with Crippen molar-refractivity contribution in [3.63, 3.8) is 0 Å². The van der Waals surface area contributed by atoms with Crippen molar-refractivity contribution in [2.75, 3.05) is 10.6 Å². The van der Waals surface area contributed by atoms with Crippen molar-refractivity contribution in [2.24, 2.45) is 7.05 Å². The molecule has 2 aromatic heterocycles. The molecule has 118 valence electrons. The molecule has 0 bridgehead atoms. The second kappa shape index (κ2) is 5.81. The zero-order valence-corrected chi connectivity index (χ0v) is 13.7. The van der Waals surface area contributed by atoms with Gasteiger partial charge < -0.3 is 5.32 Å². The molecule has 0 saturated carbocycles. The quantitative estimate of drug-likeness (QED) is 0.773. The van der Waals surface area contributed by atoms with E-state index in [1.807, 2.05) is 19.1 Å². The molecule has 0 aliphatic heterocycles. The second-order valence-electron chi connectivity index (χ2n) is 5.14.